The van der Waals surface area contributed by atoms with Crippen molar-refractivity contribution in [2.75, 3.05) is 13.1 Å². The zero-order valence-corrected chi connectivity index (χ0v) is 14.9. The number of hydrogen-bond acceptors (Lipinski definition) is 2. The van der Waals surface area contributed by atoms with E-state index in [2.05, 4.69) is 15.1 Å². The summed E-state index contributed by atoms with van der Waals surface area (Å²) in [6.45, 7) is 2.52. The fraction of sp³-hybridized carbons (Fsp3) is 0.389. The predicted molar refractivity (Wildman–Crippen MR) is 96.5 cm³/mol. The Morgan fingerprint density at radius 1 is 1.32 bits per heavy atom. The summed E-state index contributed by atoms with van der Waals surface area (Å²) in [5.74, 6) is 2.54. The Bertz CT molecular complexity index is 748. The zero-order valence-electron chi connectivity index (χ0n) is 14.9. The molecule has 0 aliphatic carbocycles. The van der Waals surface area contributed by atoms with Crippen molar-refractivity contribution < 1.29 is 13.9 Å². The smallest absolute Gasteiger partial charge is 0.367 e. The molecule has 2 aromatic rings. The molecule has 0 atom stereocenters. The maximum Gasteiger partial charge on any atom is 0.367 e. The van der Waals surface area contributed by atoms with Crippen molar-refractivity contribution in [2.24, 2.45) is 24.9 Å². The third-order valence-electron chi connectivity index (χ3n) is 4.42. The molecule has 7 heteroatoms. The number of aromatic nitrogens is 2. The zero-order chi connectivity index (χ0) is 17.6. The van der Waals surface area contributed by atoms with Crippen LogP contribution in [0.2, 0.25) is 0 Å². The summed E-state index contributed by atoms with van der Waals surface area (Å²) >= 11 is 0. The lowest BCUT2D eigenvalue weighted by molar-refractivity contribution is -0.680. The Balaban J connectivity index is 1.53. The highest BCUT2D eigenvalue weighted by Gasteiger charge is 2.13. The normalized spacial score (nSPS) is 14.2. The van der Waals surface area contributed by atoms with E-state index in [1.54, 1.807) is 6.21 Å². The quantitative estimate of drug-likeness (QED) is 0.359. The highest BCUT2D eigenvalue weighted by atomic mass is 16.5. The van der Waals surface area contributed by atoms with Crippen LogP contribution in [0, 0.1) is 0 Å². The van der Waals surface area contributed by atoms with Crippen LogP contribution in [0.25, 0.3) is 0 Å². The number of guanidine groups is 1. The van der Waals surface area contributed by atoms with E-state index in [0.717, 1.165) is 30.2 Å². The molecule has 1 saturated heterocycles. The Labute approximate surface area is 148 Å². The fourth-order valence-electron chi connectivity index (χ4n) is 2.82. The molecule has 1 aliphatic rings. The SMILES string of the molecule is Cn1cc[n+](C)c1COc1ccc(/C=N/NC(N)=[N+]2CCCC2)cc1. The summed E-state index contributed by atoms with van der Waals surface area (Å²) in [6, 6.07) is 7.82. The molecule has 1 aliphatic heterocycles. The molecule has 1 aromatic carbocycles. The topological polar surface area (TPSA) is 71.5 Å². The molecular formula is C18H26N6O+2. The van der Waals surface area contributed by atoms with Gasteiger partial charge in [-0.25, -0.2) is 9.13 Å². The molecule has 132 valence electrons. The third-order valence-corrected chi connectivity index (χ3v) is 4.42. The van der Waals surface area contributed by atoms with Gasteiger partial charge in [-0.15, -0.1) is 5.10 Å². The minimum atomic E-state index is 0.524. The van der Waals surface area contributed by atoms with Crippen LogP contribution in [0.5, 0.6) is 5.75 Å². The largest absolute Gasteiger partial charge is 0.481 e. The van der Waals surface area contributed by atoms with Gasteiger partial charge in [-0.2, -0.15) is 5.43 Å². The van der Waals surface area contributed by atoms with Crippen molar-refractivity contribution in [3.63, 3.8) is 0 Å². The van der Waals surface area contributed by atoms with Crippen LogP contribution in [0.4, 0.5) is 0 Å². The average Bonchev–Trinajstić information content (AvgIpc) is 3.25. The summed E-state index contributed by atoms with van der Waals surface area (Å²) in [5, 5.41) is 4.20. The van der Waals surface area contributed by atoms with Crippen LogP contribution >= 0.6 is 0 Å². The van der Waals surface area contributed by atoms with E-state index in [4.69, 9.17) is 10.5 Å². The van der Waals surface area contributed by atoms with Gasteiger partial charge in [0.15, 0.2) is 6.61 Å². The number of benzene rings is 1. The number of ether oxygens (including phenoxy) is 1. The Morgan fingerprint density at radius 3 is 2.68 bits per heavy atom. The third kappa shape index (κ3) is 4.37. The number of hydrazone groups is 1. The van der Waals surface area contributed by atoms with Gasteiger partial charge in [-0.3, -0.25) is 10.3 Å². The molecule has 25 heavy (non-hydrogen) atoms. The first-order chi connectivity index (χ1) is 12.1. The number of nitrogens with two attached hydrogens (primary N) is 1. The van der Waals surface area contributed by atoms with Gasteiger partial charge in [0.05, 0.1) is 33.4 Å². The van der Waals surface area contributed by atoms with Crippen molar-refractivity contribution in [1.29, 1.82) is 0 Å². The Hall–Kier alpha value is -2.83. The van der Waals surface area contributed by atoms with Gasteiger partial charge < -0.3 is 4.74 Å². The maximum absolute atomic E-state index is 5.97. The van der Waals surface area contributed by atoms with Crippen LogP contribution in [-0.4, -0.2) is 34.4 Å². The van der Waals surface area contributed by atoms with E-state index < -0.39 is 0 Å². The van der Waals surface area contributed by atoms with Crippen LogP contribution in [0.15, 0.2) is 41.8 Å². The number of hydrogen-bond donors (Lipinski definition) is 2. The summed E-state index contributed by atoms with van der Waals surface area (Å²) in [4.78, 5) is 0. The second-order valence-corrected chi connectivity index (χ2v) is 6.24. The molecule has 0 amide bonds. The molecule has 3 rings (SSSR count). The van der Waals surface area contributed by atoms with Crippen molar-refractivity contribution in [3.8, 4) is 5.75 Å². The fourth-order valence-corrected chi connectivity index (χ4v) is 2.82. The van der Waals surface area contributed by atoms with Crippen molar-refractivity contribution >= 4 is 12.2 Å². The second kappa shape index (κ2) is 7.83. The summed E-state index contributed by atoms with van der Waals surface area (Å²) in [6.07, 6.45) is 8.15. The number of aryl methyl sites for hydroxylation is 2. The molecule has 0 unspecified atom stereocenters. The van der Waals surface area contributed by atoms with E-state index >= 15 is 0 Å². The molecule has 0 spiro atoms. The average molecular weight is 342 g/mol. The first-order valence-electron chi connectivity index (χ1n) is 8.52. The molecule has 0 bridgehead atoms. The lowest BCUT2D eigenvalue weighted by Crippen LogP contribution is -2.37. The second-order valence-electron chi connectivity index (χ2n) is 6.24. The van der Waals surface area contributed by atoms with E-state index in [0.29, 0.717) is 12.6 Å². The van der Waals surface area contributed by atoms with Gasteiger partial charge in [-0.1, -0.05) is 0 Å². The van der Waals surface area contributed by atoms with Crippen molar-refractivity contribution in [3.05, 3.63) is 48.0 Å². The molecule has 2 heterocycles. The monoisotopic (exact) mass is 342 g/mol. The van der Waals surface area contributed by atoms with Gasteiger partial charge in [-0.05, 0) is 42.7 Å². The highest BCUT2D eigenvalue weighted by Crippen LogP contribution is 2.12. The standard InChI is InChI=1S/C18H25N6O/c1-22-11-12-23(2)17(22)14-25-16-7-5-15(6-8-16)13-20-21-18(19)24-9-3-4-10-24/h5-8,11-13H,3-4,9-10,14H2,1-2H3,(H2,19,21)/q+1/p+1/b20-13+. The van der Waals surface area contributed by atoms with Crippen LogP contribution in [0.1, 0.15) is 24.2 Å². The Morgan fingerprint density at radius 2 is 2.04 bits per heavy atom. The summed E-state index contributed by atoms with van der Waals surface area (Å²) in [5.41, 5.74) is 9.85. The molecule has 7 nitrogen and oxygen atoms in total. The number of nitrogens with zero attached hydrogens (tertiary/aromatic N) is 4. The van der Waals surface area contributed by atoms with Crippen LogP contribution in [0.3, 0.4) is 0 Å². The van der Waals surface area contributed by atoms with Crippen molar-refractivity contribution in [1.82, 2.24) is 9.99 Å². The van der Waals surface area contributed by atoms with Gasteiger partial charge >= 0.3 is 5.96 Å². The Kier molecular flexibility index (Phi) is 5.33. The molecule has 0 radical (unpaired) electrons. The van der Waals surface area contributed by atoms with E-state index in [9.17, 15) is 0 Å². The lowest BCUT2D eigenvalue weighted by Gasteiger charge is -2.04. The number of nitrogens with one attached hydrogen (secondary N) is 1. The van der Waals surface area contributed by atoms with Crippen molar-refractivity contribution in [2.45, 2.75) is 19.4 Å². The lowest BCUT2D eigenvalue weighted by atomic mass is 10.2. The number of rotatable bonds is 5. The van der Waals surface area contributed by atoms with Gasteiger partial charge in [0, 0.05) is 0 Å². The van der Waals surface area contributed by atoms with Gasteiger partial charge in [0.25, 0.3) is 5.82 Å². The minimum Gasteiger partial charge on any atom is -0.481 e. The first kappa shape index (κ1) is 17.0. The predicted octanol–water partition coefficient (Wildman–Crippen LogP) is 0.473. The van der Waals surface area contributed by atoms with E-state index in [-0.39, 0.29) is 0 Å². The van der Waals surface area contributed by atoms with Gasteiger partial charge in [0.2, 0.25) is 0 Å². The van der Waals surface area contributed by atoms with E-state index in [1.807, 2.05) is 59.9 Å². The van der Waals surface area contributed by atoms with Crippen LogP contribution < -0.4 is 20.5 Å². The first-order valence-corrected chi connectivity index (χ1v) is 8.52. The maximum atomic E-state index is 5.97. The highest BCUT2D eigenvalue weighted by molar-refractivity contribution is 5.81. The van der Waals surface area contributed by atoms with Crippen LogP contribution in [-0.2, 0) is 20.7 Å². The molecule has 1 fully saturated rings. The summed E-state index contributed by atoms with van der Waals surface area (Å²) in [7, 11) is 4.02. The molecular weight excluding hydrogens is 316 g/mol. The minimum absolute atomic E-state index is 0.524. The molecule has 0 saturated carbocycles. The van der Waals surface area contributed by atoms with Gasteiger partial charge in [0.1, 0.15) is 18.1 Å². The number of imidazole rings is 1. The van der Waals surface area contributed by atoms with E-state index in [1.165, 1.54) is 12.8 Å². The molecule has 1 aromatic heterocycles. The summed E-state index contributed by atoms with van der Waals surface area (Å²) < 4.78 is 12.1. The molecule has 3 N–H and O–H groups in total.